The maximum atomic E-state index is 13.3. The largest absolute Gasteiger partial charge is 0.472 e. The third-order valence-electron chi connectivity index (χ3n) is 6.30. The van der Waals surface area contributed by atoms with Crippen molar-refractivity contribution in [2.24, 2.45) is 11.8 Å². The van der Waals surface area contributed by atoms with Gasteiger partial charge in [-0.05, 0) is 38.3 Å². The monoisotopic (exact) mass is 445 g/mol. The summed E-state index contributed by atoms with van der Waals surface area (Å²) in [6, 6.07) is 1.43. The summed E-state index contributed by atoms with van der Waals surface area (Å²) in [5, 5.41) is 9.75. The number of carbonyl (C=O) groups excluding carboxylic acids is 2. The van der Waals surface area contributed by atoms with Crippen molar-refractivity contribution in [1.29, 1.82) is 0 Å². The van der Waals surface area contributed by atoms with Crippen LogP contribution in [0.4, 0.5) is 0 Å². The van der Waals surface area contributed by atoms with E-state index in [0.29, 0.717) is 31.9 Å². The van der Waals surface area contributed by atoms with Gasteiger partial charge >= 0.3 is 0 Å². The number of pyridine rings is 1. The van der Waals surface area contributed by atoms with Crippen molar-refractivity contribution in [2.75, 3.05) is 40.0 Å². The van der Waals surface area contributed by atoms with Crippen LogP contribution in [0.1, 0.15) is 49.5 Å². The minimum Gasteiger partial charge on any atom is -0.472 e. The van der Waals surface area contributed by atoms with E-state index in [1.165, 1.54) is 0 Å². The summed E-state index contributed by atoms with van der Waals surface area (Å²) < 4.78 is 11.6. The maximum absolute atomic E-state index is 13.3. The lowest BCUT2D eigenvalue weighted by Gasteiger charge is -2.38. The molecule has 8 heteroatoms. The molecule has 2 amide bonds. The van der Waals surface area contributed by atoms with Gasteiger partial charge in [-0.25, -0.2) is 4.98 Å². The molecule has 3 heterocycles. The Morgan fingerprint density at radius 1 is 1.41 bits per heavy atom. The fourth-order valence-corrected chi connectivity index (χ4v) is 4.24. The molecule has 0 unspecified atom stereocenters. The van der Waals surface area contributed by atoms with Crippen molar-refractivity contribution in [3.63, 3.8) is 0 Å². The maximum Gasteiger partial charge on any atom is 0.259 e. The molecular weight excluding hydrogens is 410 g/mol. The van der Waals surface area contributed by atoms with Gasteiger partial charge in [-0.3, -0.25) is 9.59 Å². The average molecular weight is 446 g/mol. The highest BCUT2D eigenvalue weighted by Crippen LogP contribution is 2.28. The quantitative estimate of drug-likeness (QED) is 0.722. The first-order valence-electron chi connectivity index (χ1n) is 11.4. The highest BCUT2D eigenvalue weighted by atomic mass is 16.5. The number of aliphatic hydroxyl groups is 1. The van der Waals surface area contributed by atoms with Crippen molar-refractivity contribution in [3.05, 3.63) is 29.5 Å². The molecule has 3 atom stereocenters. The first-order chi connectivity index (χ1) is 15.3. The van der Waals surface area contributed by atoms with Gasteiger partial charge in [-0.2, -0.15) is 0 Å². The first kappa shape index (κ1) is 24.2. The fraction of sp³-hybridized carbons (Fsp3) is 0.625. The van der Waals surface area contributed by atoms with Crippen LogP contribution in [0.2, 0.25) is 0 Å². The molecule has 1 fully saturated rings. The number of carbonyl (C=O) groups is 2. The second kappa shape index (κ2) is 10.9. The van der Waals surface area contributed by atoms with Gasteiger partial charge in [0.25, 0.3) is 5.91 Å². The standard InChI is InChI=1S/C24H35N3O5/c1-5-6-18-11-20-22(25-12-18)32-21(16(2)13-27(24(20)30)17(3)15-28)14-26(4)23(29)19-7-9-31-10-8-19/h5-6,11-12,16-17,19,21,28H,7-10,13-15H2,1-4H3/b6-5+/t16-,17+,21-/m0/s1. The molecule has 1 aromatic rings. The molecule has 0 spiro atoms. The summed E-state index contributed by atoms with van der Waals surface area (Å²) >= 11 is 0. The number of hydrogen-bond donors (Lipinski definition) is 1. The molecular formula is C24H35N3O5. The van der Waals surface area contributed by atoms with Gasteiger partial charge in [-0.15, -0.1) is 0 Å². The Balaban J connectivity index is 1.88. The normalized spacial score (nSPS) is 23.3. The predicted molar refractivity (Wildman–Crippen MR) is 121 cm³/mol. The van der Waals surface area contributed by atoms with E-state index in [0.717, 1.165) is 18.4 Å². The molecule has 2 aliphatic heterocycles. The van der Waals surface area contributed by atoms with Crippen molar-refractivity contribution in [2.45, 2.75) is 45.8 Å². The Kier molecular flexibility index (Phi) is 8.26. The Morgan fingerprint density at radius 2 is 2.12 bits per heavy atom. The number of fused-ring (bicyclic) bond motifs is 1. The van der Waals surface area contributed by atoms with E-state index in [1.807, 2.05) is 32.9 Å². The third-order valence-corrected chi connectivity index (χ3v) is 6.30. The van der Waals surface area contributed by atoms with Gasteiger partial charge in [0, 0.05) is 44.8 Å². The molecule has 1 saturated heterocycles. The molecule has 2 aliphatic rings. The van der Waals surface area contributed by atoms with Crippen LogP contribution in [-0.2, 0) is 9.53 Å². The number of ether oxygens (including phenoxy) is 2. The zero-order valence-electron chi connectivity index (χ0n) is 19.5. The molecule has 1 aromatic heterocycles. The summed E-state index contributed by atoms with van der Waals surface area (Å²) in [6.45, 7) is 7.63. The molecule has 0 aromatic carbocycles. The number of likely N-dealkylation sites (N-methyl/N-ethyl adjacent to an activating group) is 1. The van der Waals surface area contributed by atoms with Crippen LogP contribution in [-0.4, -0.2) is 83.8 Å². The van der Waals surface area contributed by atoms with Crippen LogP contribution in [0.15, 0.2) is 18.3 Å². The highest BCUT2D eigenvalue weighted by Gasteiger charge is 2.35. The van der Waals surface area contributed by atoms with E-state index in [1.54, 1.807) is 29.1 Å². The molecule has 0 saturated carbocycles. The van der Waals surface area contributed by atoms with Gasteiger partial charge in [0.2, 0.25) is 11.8 Å². The van der Waals surface area contributed by atoms with E-state index in [-0.39, 0.29) is 48.3 Å². The van der Waals surface area contributed by atoms with E-state index in [2.05, 4.69) is 4.98 Å². The number of rotatable bonds is 6. The molecule has 176 valence electrons. The number of hydrogen-bond acceptors (Lipinski definition) is 6. The SMILES string of the molecule is C/C=C/c1cnc2c(c1)C(=O)N([C@H](C)CO)C[C@H](C)[C@H](CN(C)C(=O)C1CCOCC1)O2. The van der Waals surface area contributed by atoms with Gasteiger partial charge < -0.3 is 24.4 Å². The predicted octanol–water partition coefficient (Wildman–Crippen LogP) is 2.22. The molecule has 1 N–H and O–H groups in total. The smallest absolute Gasteiger partial charge is 0.259 e. The molecule has 0 aliphatic carbocycles. The number of amides is 2. The van der Waals surface area contributed by atoms with Gasteiger partial charge in [0.05, 0.1) is 19.2 Å². The van der Waals surface area contributed by atoms with E-state index >= 15 is 0 Å². The topological polar surface area (TPSA) is 92.2 Å². The second-order valence-electron chi connectivity index (χ2n) is 8.85. The highest BCUT2D eigenvalue weighted by molar-refractivity contribution is 5.97. The molecule has 32 heavy (non-hydrogen) atoms. The Labute approximate surface area is 190 Å². The molecule has 3 rings (SSSR count). The summed E-state index contributed by atoms with van der Waals surface area (Å²) in [5.74, 6) is 0.0561. The van der Waals surface area contributed by atoms with Crippen molar-refractivity contribution in [3.8, 4) is 5.88 Å². The van der Waals surface area contributed by atoms with Crippen LogP contribution >= 0.6 is 0 Å². The minimum absolute atomic E-state index is 0.0288. The second-order valence-corrected chi connectivity index (χ2v) is 8.85. The number of allylic oxidation sites excluding steroid dienone is 1. The summed E-state index contributed by atoms with van der Waals surface area (Å²) in [6.07, 6.45) is 6.56. The van der Waals surface area contributed by atoms with Gasteiger partial charge in [0.15, 0.2) is 0 Å². The summed E-state index contributed by atoms with van der Waals surface area (Å²) in [4.78, 5) is 34.1. The number of nitrogens with zero attached hydrogens (tertiary/aromatic N) is 3. The zero-order valence-corrected chi connectivity index (χ0v) is 19.5. The van der Waals surface area contributed by atoms with Crippen LogP contribution in [0.5, 0.6) is 5.88 Å². The lowest BCUT2D eigenvalue weighted by molar-refractivity contribution is -0.138. The third kappa shape index (κ3) is 5.48. The first-order valence-corrected chi connectivity index (χ1v) is 11.4. The van der Waals surface area contributed by atoms with Crippen molar-refractivity contribution >= 4 is 17.9 Å². The van der Waals surface area contributed by atoms with E-state index in [4.69, 9.17) is 9.47 Å². The van der Waals surface area contributed by atoms with Crippen LogP contribution in [0.3, 0.4) is 0 Å². The average Bonchev–Trinajstić information content (AvgIpc) is 2.81. The van der Waals surface area contributed by atoms with Gasteiger partial charge in [0.1, 0.15) is 11.7 Å². The van der Waals surface area contributed by atoms with Crippen LogP contribution < -0.4 is 4.74 Å². The van der Waals surface area contributed by atoms with E-state index in [9.17, 15) is 14.7 Å². The van der Waals surface area contributed by atoms with Crippen molar-refractivity contribution in [1.82, 2.24) is 14.8 Å². The molecule has 0 radical (unpaired) electrons. The molecule has 0 bridgehead atoms. The Morgan fingerprint density at radius 3 is 2.78 bits per heavy atom. The van der Waals surface area contributed by atoms with E-state index < -0.39 is 0 Å². The Hall–Kier alpha value is -2.45. The fourth-order valence-electron chi connectivity index (χ4n) is 4.24. The lowest BCUT2D eigenvalue weighted by Crippen LogP contribution is -2.51. The number of aliphatic hydroxyl groups excluding tert-OH is 1. The number of aromatic nitrogens is 1. The summed E-state index contributed by atoms with van der Waals surface area (Å²) in [5.41, 5.74) is 1.17. The zero-order chi connectivity index (χ0) is 23.3. The van der Waals surface area contributed by atoms with Crippen LogP contribution in [0.25, 0.3) is 6.08 Å². The van der Waals surface area contributed by atoms with Crippen LogP contribution in [0, 0.1) is 11.8 Å². The van der Waals surface area contributed by atoms with Gasteiger partial charge in [-0.1, -0.05) is 19.1 Å². The van der Waals surface area contributed by atoms with Crippen molar-refractivity contribution < 1.29 is 24.2 Å². The Bertz CT molecular complexity index is 837. The minimum atomic E-state index is -0.344. The lowest BCUT2D eigenvalue weighted by atomic mass is 9.97. The molecule has 8 nitrogen and oxygen atoms in total. The summed E-state index contributed by atoms with van der Waals surface area (Å²) in [7, 11) is 1.80.